The van der Waals surface area contributed by atoms with Crippen LogP contribution >= 0.6 is 24.0 Å². The molecule has 0 aliphatic carbocycles. The van der Waals surface area contributed by atoms with Crippen LogP contribution in [0.2, 0.25) is 0 Å². The van der Waals surface area contributed by atoms with E-state index in [0.717, 1.165) is 22.7 Å². The Morgan fingerprint density at radius 1 is 1.65 bits per heavy atom. The Balaban J connectivity index is 2.30. The van der Waals surface area contributed by atoms with Crippen molar-refractivity contribution in [2.75, 3.05) is 20.1 Å². The molecule has 0 fully saturated rings. The Kier molecular flexibility index (Phi) is 6.02. The van der Waals surface area contributed by atoms with Gasteiger partial charge in [0.15, 0.2) is 0 Å². The van der Waals surface area contributed by atoms with Crippen LogP contribution in [0.4, 0.5) is 0 Å². The number of carbonyl (C=O) groups is 1. The molecule has 0 radical (unpaired) electrons. The monoisotopic (exact) mass is 272 g/mol. The summed E-state index contributed by atoms with van der Waals surface area (Å²) in [7, 11) is 2.08. The Morgan fingerprint density at radius 2 is 2.35 bits per heavy atom. The van der Waals surface area contributed by atoms with Crippen LogP contribution in [0.3, 0.4) is 0 Å². The van der Waals surface area contributed by atoms with E-state index < -0.39 is 0 Å². The largest absolute Gasteiger partial charge is 0.350 e. The van der Waals surface area contributed by atoms with Gasteiger partial charge in [0.25, 0.3) is 5.91 Å². The van der Waals surface area contributed by atoms with Gasteiger partial charge in [-0.2, -0.15) is 0 Å². The van der Waals surface area contributed by atoms with Crippen LogP contribution in [0.15, 0.2) is 16.3 Å². The second-order valence-electron chi connectivity index (χ2n) is 4.16. The summed E-state index contributed by atoms with van der Waals surface area (Å²) in [5, 5.41) is 4.78. The second kappa shape index (κ2) is 7.03. The van der Waals surface area contributed by atoms with Gasteiger partial charge in [-0.25, -0.2) is 0 Å². The molecule has 1 amide bonds. The van der Waals surface area contributed by atoms with Crippen LogP contribution < -0.4 is 5.32 Å². The molecule has 3 nitrogen and oxygen atoms in total. The number of hydrogen-bond acceptors (Lipinski definition) is 4. The fourth-order valence-corrected chi connectivity index (χ4v) is 2.47. The summed E-state index contributed by atoms with van der Waals surface area (Å²) in [5.74, 6) is -0.00662. The van der Waals surface area contributed by atoms with Crippen LogP contribution in [0.5, 0.6) is 0 Å². The fourth-order valence-electron chi connectivity index (χ4n) is 1.41. The smallest absolute Gasteiger partial charge is 0.261 e. The molecule has 96 valence electrons. The van der Waals surface area contributed by atoms with E-state index in [1.165, 1.54) is 11.3 Å². The molecule has 0 saturated carbocycles. The van der Waals surface area contributed by atoms with Crippen molar-refractivity contribution in [2.24, 2.45) is 0 Å². The van der Waals surface area contributed by atoms with Gasteiger partial charge in [-0.3, -0.25) is 4.79 Å². The predicted octanol–water partition coefficient (Wildman–Crippen LogP) is 2.50. The minimum atomic E-state index is -0.00662. The molecule has 5 heteroatoms. The Hall–Kier alpha value is -0.520. The van der Waals surface area contributed by atoms with Crippen LogP contribution in [-0.4, -0.2) is 37.0 Å². The zero-order valence-electron chi connectivity index (χ0n) is 10.6. The van der Waals surface area contributed by atoms with E-state index in [1.54, 1.807) is 6.07 Å². The van der Waals surface area contributed by atoms with Crippen LogP contribution in [0.25, 0.3) is 0 Å². The highest BCUT2D eigenvalue weighted by molar-refractivity contribution is 7.80. The number of amides is 1. The number of nitrogens with zero attached hydrogens (tertiary/aromatic N) is 1. The highest BCUT2D eigenvalue weighted by Gasteiger charge is 2.09. The average molecular weight is 272 g/mol. The molecule has 1 aromatic rings. The zero-order valence-corrected chi connectivity index (χ0v) is 12.3. The SMILES string of the molecule is CCC(C)N(C)CCNC(=O)c1cc(S)cs1. The molecule has 17 heavy (non-hydrogen) atoms. The zero-order chi connectivity index (χ0) is 12.8. The lowest BCUT2D eigenvalue weighted by molar-refractivity contribution is 0.0951. The third-order valence-electron chi connectivity index (χ3n) is 2.90. The number of thiophene rings is 1. The molecule has 1 atom stereocenters. The average Bonchev–Trinajstić information content (AvgIpc) is 2.74. The molecule has 1 rings (SSSR count). The normalized spacial score (nSPS) is 12.8. The van der Waals surface area contributed by atoms with Crippen molar-refractivity contribution in [3.05, 3.63) is 16.3 Å². The van der Waals surface area contributed by atoms with Crippen LogP contribution in [0.1, 0.15) is 29.9 Å². The summed E-state index contributed by atoms with van der Waals surface area (Å²) in [6.45, 7) is 5.91. The summed E-state index contributed by atoms with van der Waals surface area (Å²) in [4.78, 5) is 15.5. The van der Waals surface area contributed by atoms with Crippen molar-refractivity contribution in [3.63, 3.8) is 0 Å². The molecule has 0 aliphatic rings. The van der Waals surface area contributed by atoms with Gasteiger partial charge < -0.3 is 10.2 Å². The molecule has 0 spiro atoms. The molecule has 1 N–H and O–H groups in total. The van der Waals surface area contributed by atoms with Crippen molar-refractivity contribution in [3.8, 4) is 0 Å². The Bertz CT molecular complexity index is 365. The molecule has 1 aromatic heterocycles. The predicted molar refractivity (Wildman–Crippen MR) is 76.3 cm³/mol. The van der Waals surface area contributed by atoms with E-state index in [-0.39, 0.29) is 5.91 Å². The van der Waals surface area contributed by atoms with Gasteiger partial charge >= 0.3 is 0 Å². The van der Waals surface area contributed by atoms with Gasteiger partial charge in [0.05, 0.1) is 4.88 Å². The summed E-state index contributed by atoms with van der Waals surface area (Å²) in [5.41, 5.74) is 0. The minimum Gasteiger partial charge on any atom is -0.350 e. The van der Waals surface area contributed by atoms with Crippen molar-refractivity contribution in [1.29, 1.82) is 0 Å². The van der Waals surface area contributed by atoms with Crippen molar-refractivity contribution in [2.45, 2.75) is 31.2 Å². The number of nitrogens with one attached hydrogen (secondary N) is 1. The first-order valence-electron chi connectivity index (χ1n) is 5.80. The van der Waals surface area contributed by atoms with Gasteiger partial charge in [-0.1, -0.05) is 6.92 Å². The molecular formula is C12H20N2OS2. The van der Waals surface area contributed by atoms with E-state index in [2.05, 4.69) is 43.7 Å². The first-order chi connectivity index (χ1) is 8.04. The van der Waals surface area contributed by atoms with Gasteiger partial charge in [0.2, 0.25) is 0 Å². The van der Waals surface area contributed by atoms with Crippen LogP contribution in [0, 0.1) is 0 Å². The van der Waals surface area contributed by atoms with Crippen molar-refractivity contribution >= 4 is 29.9 Å². The number of thiol groups is 1. The quantitative estimate of drug-likeness (QED) is 0.780. The molecule has 0 aromatic carbocycles. The number of likely N-dealkylation sites (N-methyl/N-ethyl adjacent to an activating group) is 1. The molecular weight excluding hydrogens is 252 g/mol. The second-order valence-corrected chi connectivity index (χ2v) is 5.59. The molecule has 1 unspecified atom stereocenters. The van der Waals surface area contributed by atoms with E-state index in [4.69, 9.17) is 0 Å². The third kappa shape index (κ3) is 4.69. The summed E-state index contributed by atoms with van der Waals surface area (Å²) in [6, 6.07) is 2.35. The maximum absolute atomic E-state index is 11.7. The molecule has 0 aliphatic heterocycles. The maximum Gasteiger partial charge on any atom is 0.261 e. The lowest BCUT2D eigenvalue weighted by Gasteiger charge is -2.23. The standard InChI is InChI=1S/C12H20N2OS2/c1-4-9(2)14(3)6-5-13-12(15)11-7-10(16)8-17-11/h7-9,16H,4-6H2,1-3H3,(H,13,15). The van der Waals surface area contributed by atoms with Crippen LogP contribution in [-0.2, 0) is 0 Å². The molecule has 1 heterocycles. The summed E-state index contributed by atoms with van der Waals surface area (Å²) in [6.07, 6.45) is 1.12. The van der Waals surface area contributed by atoms with Crippen molar-refractivity contribution in [1.82, 2.24) is 10.2 Å². The molecule has 0 bridgehead atoms. The Morgan fingerprint density at radius 3 is 2.88 bits per heavy atom. The Labute approximate surface area is 113 Å². The highest BCUT2D eigenvalue weighted by Crippen LogP contribution is 2.17. The van der Waals surface area contributed by atoms with E-state index in [0.29, 0.717) is 12.6 Å². The third-order valence-corrected chi connectivity index (χ3v) is 4.26. The van der Waals surface area contributed by atoms with Gasteiger partial charge in [0, 0.05) is 29.4 Å². The first kappa shape index (κ1) is 14.5. The van der Waals surface area contributed by atoms with E-state index in [9.17, 15) is 4.79 Å². The number of rotatable bonds is 6. The lowest BCUT2D eigenvalue weighted by Crippen LogP contribution is -2.36. The first-order valence-corrected chi connectivity index (χ1v) is 7.13. The lowest BCUT2D eigenvalue weighted by atomic mass is 10.2. The number of hydrogen-bond donors (Lipinski definition) is 2. The topological polar surface area (TPSA) is 32.3 Å². The van der Waals surface area contributed by atoms with Gasteiger partial charge in [-0.05, 0) is 26.5 Å². The van der Waals surface area contributed by atoms with E-state index in [1.807, 2.05) is 5.38 Å². The summed E-state index contributed by atoms with van der Waals surface area (Å²) < 4.78 is 0. The summed E-state index contributed by atoms with van der Waals surface area (Å²) >= 11 is 5.61. The van der Waals surface area contributed by atoms with Gasteiger partial charge in [0.1, 0.15) is 0 Å². The minimum absolute atomic E-state index is 0.00662. The van der Waals surface area contributed by atoms with E-state index >= 15 is 0 Å². The fraction of sp³-hybridized carbons (Fsp3) is 0.583. The highest BCUT2D eigenvalue weighted by atomic mass is 32.1. The number of carbonyl (C=O) groups excluding carboxylic acids is 1. The van der Waals surface area contributed by atoms with Crippen molar-refractivity contribution < 1.29 is 4.79 Å². The molecule has 0 saturated heterocycles. The van der Waals surface area contributed by atoms with Gasteiger partial charge in [-0.15, -0.1) is 24.0 Å². The maximum atomic E-state index is 11.7.